The maximum Gasteiger partial charge on any atom is 0.193 e. The summed E-state index contributed by atoms with van der Waals surface area (Å²) in [5.74, 6) is 1.98. The van der Waals surface area contributed by atoms with Crippen LogP contribution < -0.4 is 5.32 Å². The lowest BCUT2D eigenvalue weighted by molar-refractivity contribution is 0.223. The van der Waals surface area contributed by atoms with E-state index in [-0.39, 0.29) is 0 Å². The van der Waals surface area contributed by atoms with Gasteiger partial charge in [0.1, 0.15) is 5.82 Å². The van der Waals surface area contributed by atoms with E-state index in [1.54, 1.807) is 0 Å². The number of aromatic nitrogens is 3. The summed E-state index contributed by atoms with van der Waals surface area (Å²) in [7, 11) is 0. The number of hydrogen-bond acceptors (Lipinski definition) is 4. The zero-order chi connectivity index (χ0) is 18.4. The molecular weight excluding hydrogens is 326 g/mol. The van der Waals surface area contributed by atoms with Crippen LogP contribution in [0.15, 0.2) is 29.4 Å². The normalized spacial score (nSPS) is 18.2. The molecule has 1 atom stereocenters. The van der Waals surface area contributed by atoms with Gasteiger partial charge in [-0.25, -0.2) is 0 Å². The maximum absolute atomic E-state index is 4.85. The van der Waals surface area contributed by atoms with Crippen LogP contribution in [-0.4, -0.2) is 75.7 Å². The van der Waals surface area contributed by atoms with Crippen LogP contribution in [0.2, 0.25) is 0 Å². The number of likely N-dealkylation sites (N-methyl/N-ethyl adjacent to an activating group) is 1. The average molecular weight is 358 g/mol. The molecule has 3 rings (SSSR count). The molecule has 142 valence electrons. The van der Waals surface area contributed by atoms with E-state index < -0.39 is 0 Å². The van der Waals surface area contributed by atoms with Crippen LogP contribution in [-0.2, 0) is 6.42 Å². The number of nitrogens with zero attached hydrogens (tertiary/aromatic N) is 6. The molecule has 0 aromatic carbocycles. The Labute approximate surface area is 156 Å². The van der Waals surface area contributed by atoms with Crippen molar-refractivity contribution in [2.24, 2.45) is 4.99 Å². The zero-order valence-electron chi connectivity index (χ0n) is 16.2. The first-order valence-corrected chi connectivity index (χ1v) is 9.82. The van der Waals surface area contributed by atoms with Gasteiger partial charge in [-0.2, -0.15) is 0 Å². The molecule has 7 heteroatoms. The van der Waals surface area contributed by atoms with Gasteiger partial charge in [-0.3, -0.25) is 14.3 Å². The highest BCUT2D eigenvalue weighted by molar-refractivity contribution is 5.80. The van der Waals surface area contributed by atoms with E-state index in [0.29, 0.717) is 12.6 Å². The monoisotopic (exact) mass is 357 g/mol. The Kier molecular flexibility index (Phi) is 6.44. The van der Waals surface area contributed by atoms with Crippen molar-refractivity contribution >= 4 is 11.6 Å². The molecule has 0 spiro atoms. The predicted octanol–water partition coefficient (Wildman–Crippen LogP) is 1.65. The molecule has 1 aliphatic rings. The Balaban J connectivity index is 1.62. The number of pyridine rings is 1. The number of aliphatic imine (C=N–C) groups is 1. The Morgan fingerprint density at radius 1 is 1.27 bits per heavy atom. The summed E-state index contributed by atoms with van der Waals surface area (Å²) < 4.78 is 2.04. The molecule has 0 saturated carbocycles. The van der Waals surface area contributed by atoms with Crippen molar-refractivity contribution in [3.8, 4) is 0 Å². The Morgan fingerprint density at radius 3 is 2.88 bits per heavy atom. The average Bonchev–Trinajstić information content (AvgIpc) is 3.30. The van der Waals surface area contributed by atoms with Crippen molar-refractivity contribution in [2.45, 2.75) is 39.7 Å². The van der Waals surface area contributed by atoms with E-state index in [4.69, 9.17) is 4.99 Å². The van der Waals surface area contributed by atoms with Crippen molar-refractivity contribution in [1.82, 2.24) is 29.7 Å². The minimum atomic E-state index is 0.634. The first kappa shape index (κ1) is 18.6. The third kappa shape index (κ3) is 4.15. The number of nitrogens with one attached hydrogen (secondary N) is 1. The summed E-state index contributed by atoms with van der Waals surface area (Å²) >= 11 is 0. The van der Waals surface area contributed by atoms with E-state index in [1.165, 1.54) is 6.42 Å². The molecule has 26 heavy (non-hydrogen) atoms. The van der Waals surface area contributed by atoms with E-state index >= 15 is 0 Å². The highest BCUT2D eigenvalue weighted by Gasteiger charge is 2.27. The van der Waals surface area contributed by atoms with E-state index in [2.05, 4.69) is 46.1 Å². The number of hydrogen-bond donors (Lipinski definition) is 1. The molecule has 0 bridgehead atoms. The molecule has 1 aliphatic heterocycles. The van der Waals surface area contributed by atoms with Crippen molar-refractivity contribution < 1.29 is 0 Å². The lowest BCUT2D eigenvalue weighted by atomic mass is 10.2. The van der Waals surface area contributed by atoms with E-state index in [9.17, 15) is 0 Å². The van der Waals surface area contributed by atoms with Crippen molar-refractivity contribution in [3.05, 3.63) is 30.2 Å². The van der Waals surface area contributed by atoms with Crippen LogP contribution in [0.3, 0.4) is 0 Å². The summed E-state index contributed by atoms with van der Waals surface area (Å²) in [5.41, 5.74) is 0.889. The summed E-state index contributed by atoms with van der Waals surface area (Å²) in [4.78, 5) is 9.80. The number of rotatable bonds is 7. The maximum atomic E-state index is 4.85. The van der Waals surface area contributed by atoms with Gasteiger partial charge in [-0.15, -0.1) is 10.2 Å². The van der Waals surface area contributed by atoms with E-state index in [1.807, 2.05) is 28.8 Å². The van der Waals surface area contributed by atoms with Crippen LogP contribution in [0, 0.1) is 0 Å². The third-order valence-corrected chi connectivity index (χ3v) is 5.11. The third-order valence-electron chi connectivity index (χ3n) is 5.11. The molecule has 0 amide bonds. The minimum absolute atomic E-state index is 0.634. The van der Waals surface area contributed by atoms with Gasteiger partial charge >= 0.3 is 0 Å². The fraction of sp³-hybridized carbons (Fsp3) is 0.632. The van der Waals surface area contributed by atoms with Gasteiger partial charge in [-0.05, 0) is 38.6 Å². The minimum Gasteiger partial charge on any atom is -0.357 e. The standard InChI is InChI=1S/C19H31N7/c1-4-20-19(25-14-11-16(15-25)24(5-2)6-3)21-12-10-18-23-22-17-9-7-8-13-26(17)18/h7-9,13,16H,4-6,10-12,14-15H2,1-3H3,(H,20,21). The molecule has 1 N–H and O–H groups in total. The lowest BCUT2D eigenvalue weighted by Crippen LogP contribution is -2.43. The molecular formula is C19H31N7. The van der Waals surface area contributed by atoms with Gasteiger partial charge in [0, 0.05) is 44.8 Å². The molecule has 1 unspecified atom stereocenters. The Hall–Kier alpha value is -2.15. The van der Waals surface area contributed by atoms with Gasteiger partial charge in [0.25, 0.3) is 0 Å². The fourth-order valence-corrected chi connectivity index (χ4v) is 3.72. The van der Waals surface area contributed by atoms with Crippen molar-refractivity contribution in [2.75, 3.05) is 39.3 Å². The summed E-state index contributed by atoms with van der Waals surface area (Å²) in [6.45, 7) is 12.6. The summed E-state index contributed by atoms with van der Waals surface area (Å²) in [6, 6.07) is 6.59. The largest absolute Gasteiger partial charge is 0.357 e. The van der Waals surface area contributed by atoms with Crippen LogP contribution in [0.25, 0.3) is 5.65 Å². The molecule has 2 aromatic rings. The smallest absolute Gasteiger partial charge is 0.193 e. The molecule has 0 aliphatic carbocycles. The predicted molar refractivity (Wildman–Crippen MR) is 106 cm³/mol. The Bertz CT molecular complexity index is 720. The van der Waals surface area contributed by atoms with Crippen LogP contribution in [0.5, 0.6) is 0 Å². The van der Waals surface area contributed by atoms with Gasteiger partial charge in [0.05, 0.1) is 0 Å². The summed E-state index contributed by atoms with van der Waals surface area (Å²) in [6.07, 6.45) is 4.00. The van der Waals surface area contributed by atoms with Crippen molar-refractivity contribution in [3.63, 3.8) is 0 Å². The first-order chi connectivity index (χ1) is 12.8. The van der Waals surface area contributed by atoms with E-state index in [0.717, 1.165) is 56.6 Å². The molecule has 1 fully saturated rings. The highest BCUT2D eigenvalue weighted by Crippen LogP contribution is 2.15. The molecule has 2 aromatic heterocycles. The quantitative estimate of drug-likeness (QED) is 0.603. The second kappa shape index (κ2) is 8.98. The Morgan fingerprint density at radius 2 is 2.12 bits per heavy atom. The molecule has 3 heterocycles. The van der Waals surface area contributed by atoms with Crippen LogP contribution in [0.4, 0.5) is 0 Å². The van der Waals surface area contributed by atoms with Crippen LogP contribution >= 0.6 is 0 Å². The molecule has 1 saturated heterocycles. The molecule has 0 radical (unpaired) electrons. The second-order valence-corrected chi connectivity index (χ2v) is 6.64. The summed E-state index contributed by atoms with van der Waals surface area (Å²) in [5, 5.41) is 12.0. The SMILES string of the molecule is CCNC(=NCCc1nnc2ccccn12)N1CCC(N(CC)CC)C1. The zero-order valence-corrected chi connectivity index (χ0v) is 16.2. The van der Waals surface area contributed by atoms with Crippen molar-refractivity contribution in [1.29, 1.82) is 0 Å². The van der Waals surface area contributed by atoms with Gasteiger partial charge in [0.15, 0.2) is 11.6 Å². The number of guanidine groups is 1. The second-order valence-electron chi connectivity index (χ2n) is 6.64. The highest BCUT2D eigenvalue weighted by atomic mass is 15.3. The van der Waals surface area contributed by atoms with Gasteiger partial charge in [0.2, 0.25) is 0 Å². The first-order valence-electron chi connectivity index (χ1n) is 9.82. The van der Waals surface area contributed by atoms with Crippen LogP contribution in [0.1, 0.15) is 33.0 Å². The lowest BCUT2D eigenvalue weighted by Gasteiger charge is -2.27. The topological polar surface area (TPSA) is 61.1 Å². The van der Waals surface area contributed by atoms with Gasteiger partial charge in [-0.1, -0.05) is 19.9 Å². The van der Waals surface area contributed by atoms with Gasteiger partial charge < -0.3 is 10.2 Å². The molecule has 7 nitrogen and oxygen atoms in total. The number of likely N-dealkylation sites (tertiary alicyclic amines) is 1. The number of fused-ring (bicyclic) bond motifs is 1. The fourth-order valence-electron chi connectivity index (χ4n) is 3.72.